The molecule has 1 aliphatic heterocycles. The molecule has 1 aromatic carbocycles. The number of aromatic amines is 1. The molecule has 30 heavy (non-hydrogen) atoms. The molecule has 0 aliphatic carbocycles. The molecule has 8 nitrogen and oxygen atoms in total. The Morgan fingerprint density at radius 1 is 1.30 bits per heavy atom. The van der Waals surface area contributed by atoms with Crippen molar-refractivity contribution in [1.82, 2.24) is 19.8 Å². The third-order valence-corrected chi connectivity index (χ3v) is 5.30. The molecule has 3 N–H and O–H groups in total. The van der Waals surface area contributed by atoms with Crippen molar-refractivity contribution in [2.75, 3.05) is 33.8 Å². The van der Waals surface area contributed by atoms with E-state index in [1.54, 1.807) is 17.0 Å². The van der Waals surface area contributed by atoms with Crippen LogP contribution in [0.2, 0.25) is 0 Å². The summed E-state index contributed by atoms with van der Waals surface area (Å²) in [5.74, 6) is 0.181. The first kappa shape index (κ1) is 23.5. The Morgan fingerprint density at radius 2 is 1.93 bits per heavy atom. The number of likely N-dealkylation sites (N-methyl/N-ethyl adjacent to an activating group) is 1. The number of nitrogens with one attached hydrogen (secondary N) is 1. The standard InChI is InChI=1S/C20H27FN4O2.CH2O2/c1-13-18(23-19(22-13)15-5-7-16(21)8-6-15)20(27)25-10-14(12-26)4-9-17(11-25)24(2)3;2-1-3/h5-8,14,17,26H,4,9-12H2,1-3H3,(H,22,23);1H,(H,2,3)/t14-,17+;/m0./s1. The molecular weight excluding hydrogens is 391 g/mol. The first-order valence-electron chi connectivity index (χ1n) is 9.77. The highest BCUT2D eigenvalue weighted by molar-refractivity contribution is 5.94. The van der Waals surface area contributed by atoms with E-state index in [0.717, 1.165) is 18.4 Å². The van der Waals surface area contributed by atoms with Gasteiger partial charge in [0.05, 0.1) is 0 Å². The third-order valence-electron chi connectivity index (χ3n) is 5.30. The molecule has 0 spiro atoms. The molecule has 1 fully saturated rings. The van der Waals surface area contributed by atoms with E-state index >= 15 is 0 Å². The molecule has 3 rings (SSSR count). The van der Waals surface area contributed by atoms with Gasteiger partial charge in [-0.05, 0) is 64.0 Å². The van der Waals surface area contributed by atoms with E-state index < -0.39 is 0 Å². The summed E-state index contributed by atoms with van der Waals surface area (Å²) >= 11 is 0. The van der Waals surface area contributed by atoms with Gasteiger partial charge in [-0.3, -0.25) is 9.59 Å². The van der Waals surface area contributed by atoms with Crippen LogP contribution in [0.25, 0.3) is 11.4 Å². The molecular formula is C21H29FN4O4. The minimum absolute atomic E-state index is 0.0737. The predicted octanol–water partition coefficient (Wildman–Crippen LogP) is 2.00. The van der Waals surface area contributed by atoms with E-state index in [1.165, 1.54) is 12.1 Å². The number of likely N-dealkylation sites (tertiary alicyclic amines) is 1. The topological polar surface area (TPSA) is 110 Å². The van der Waals surface area contributed by atoms with Crippen LogP contribution in [0.3, 0.4) is 0 Å². The number of carbonyl (C=O) groups excluding carboxylic acids is 1. The number of aliphatic hydroxyl groups is 1. The SMILES string of the molecule is Cc1[nH]c(-c2ccc(F)cc2)nc1C(=O)N1C[C@@H](CO)CC[C@@H](N(C)C)C1.O=CO. The molecule has 1 aliphatic rings. The lowest BCUT2D eigenvalue weighted by Crippen LogP contribution is -2.43. The maximum atomic E-state index is 13.2. The smallest absolute Gasteiger partial charge is 0.290 e. The van der Waals surface area contributed by atoms with Crippen molar-refractivity contribution in [3.8, 4) is 11.4 Å². The second kappa shape index (κ2) is 10.8. The van der Waals surface area contributed by atoms with Crippen molar-refractivity contribution in [2.45, 2.75) is 25.8 Å². The third kappa shape index (κ3) is 5.87. The molecule has 2 heterocycles. The van der Waals surface area contributed by atoms with Crippen LogP contribution < -0.4 is 0 Å². The van der Waals surface area contributed by atoms with E-state index in [1.807, 2.05) is 21.0 Å². The number of aryl methyl sites for hydroxylation is 1. The Bertz CT molecular complexity index is 838. The van der Waals surface area contributed by atoms with Gasteiger partial charge in [-0.1, -0.05) is 0 Å². The summed E-state index contributed by atoms with van der Waals surface area (Å²) in [6.45, 7) is 2.78. The lowest BCUT2D eigenvalue weighted by Gasteiger charge is -2.28. The zero-order chi connectivity index (χ0) is 22.3. The minimum Gasteiger partial charge on any atom is -0.483 e. The highest BCUT2D eigenvalue weighted by atomic mass is 19.1. The van der Waals surface area contributed by atoms with Crippen LogP contribution >= 0.6 is 0 Å². The zero-order valence-electron chi connectivity index (χ0n) is 17.5. The minimum atomic E-state index is -0.312. The van der Waals surface area contributed by atoms with Crippen molar-refractivity contribution in [2.24, 2.45) is 5.92 Å². The van der Waals surface area contributed by atoms with Crippen LogP contribution in [0.1, 0.15) is 29.0 Å². The first-order valence-corrected chi connectivity index (χ1v) is 9.77. The molecule has 0 bridgehead atoms. The van der Waals surface area contributed by atoms with Gasteiger partial charge in [-0.15, -0.1) is 0 Å². The molecule has 164 valence electrons. The van der Waals surface area contributed by atoms with Crippen molar-refractivity contribution in [1.29, 1.82) is 0 Å². The Kier molecular flexibility index (Phi) is 8.49. The molecule has 2 aromatic rings. The van der Waals surface area contributed by atoms with E-state index in [4.69, 9.17) is 9.90 Å². The molecule has 2 atom stereocenters. The molecule has 1 saturated heterocycles. The first-order chi connectivity index (χ1) is 14.3. The van der Waals surface area contributed by atoms with Gasteiger partial charge in [0.2, 0.25) is 0 Å². The van der Waals surface area contributed by atoms with E-state index in [2.05, 4.69) is 14.9 Å². The summed E-state index contributed by atoms with van der Waals surface area (Å²) in [5.41, 5.74) is 1.80. The Morgan fingerprint density at radius 3 is 2.50 bits per heavy atom. The largest absolute Gasteiger partial charge is 0.483 e. The highest BCUT2D eigenvalue weighted by Crippen LogP contribution is 2.23. The number of imidazole rings is 1. The molecule has 1 aromatic heterocycles. The summed E-state index contributed by atoms with van der Waals surface area (Å²) in [4.78, 5) is 33.1. The van der Waals surface area contributed by atoms with Crippen LogP contribution in [-0.4, -0.2) is 82.2 Å². The number of hydrogen-bond acceptors (Lipinski definition) is 5. The molecule has 0 saturated carbocycles. The van der Waals surface area contributed by atoms with Gasteiger partial charge in [-0.2, -0.15) is 0 Å². The number of carbonyl (C=O) groups is 2. The second-order valence-electron chi connectivity index (χ2n) is 7.62. The Balaban J connectivity index is 0.00000101. The summed E-state index contributed by atoms with van der Waals surface area (Å²) in [5, 5.41) is 16.5. The number of rotatable bonds is 4. The molecule has 0 radical (unpaired) electrons. The van der Waals surface area contributed by atoms with Crippen molar-refractivity contribution in [3.63, 3.8) is 0 Å². The lowest BCUT2D eigenvalue weighted by molar-refractivity contribution is -0.122. The van der Waals surface area contributed by atoms with Crippen molar-refractivity contribution >= 4 is 12.4 Å². The van der Waals surface area contributed by atoms with Gasteiger partial charge in [0, 0.05) is 37.0 Å². The molecule has 9 heteroatoms. The average molecular weight is 420 g/mol. The van der Waals surface area contributed by atoms with Gasteiger partial charge in [0.15, 0.2) is 0 Å². The van der Waals surface area contributed by atoms with Crippen LogP contribution in [0.15, 0.2) is 24.3 Å². The fourth-order valence-electron chi connectivity index (χ4n) is 3.55. The maximum Gasteiger partial charge on any atom is 0.290 e. The highest BCUT2D eigenvalue weighted by Gasteiger charge is 2.30. The number of carboxylic acid groups (broad SMARTS) is 1. The van der Waals surface area contributed by atoms with Gasteiger partial charge in [0.25, 0.3) is 12.4 Å². The maximum absolute atomic E-state index is 13.2. The van der Waals surface area contributed by atoms with Crippen LogP contribution in [0, 0.1) is 18.7 Å². The summed E-state index contributed by atoms with van der Waals surface area (Å²) in [6.07, 6.45) is 1.84. The second-order valence-corrected chi connectivity index (χ2v) is 7.62. The van der Waals surface area contributed by atoms with E-state index in [-0.39, 0.29) is 36.8 Å². The Hall–Kier alpha value is -2.78. The number of aliphatic hydroxyl groups excluding tert-OH is 1. The van der Waals surface area contributed by atoms with E-state index in [0.29, 0.717) is 30.3 Å². The van der Waals surface area contributed by atoms with E-state index in [9.17, 15) is 14.3 Å². The van der Waals surface area contributed by atoms with Crippen LogP contribution in [0.4, 0.5) is 4.39 Å². The number of H-pyrrole nitrogens is 1. The van der Waals surface area contributed by atoms with Crippen LogP contribution in [-0.2, 0) is 4.79 Å². The fourth-order valence-corrected chi connectivity index (χ4v) is 3.55. The molecule has 1 amide bonds. The van der Waals surface area contributed by atoms with Gasteiger partial charge >= 0.3 is 0 Å². The number of halogens is 1. The summed E-state index contributed by atoms with van der Waals surface area (Å²) in [7, 11) is 4.03. The summed E-state index contributed by atoms with van der Waals surface area (Å²) < 4.78 is 13.2. The van der Waals surface area contributed by atoms with Gasteiger partial charge < -0.3 is 25.0 Å². The Labute approximate surface area is 175 Å². The van der Waals surface area contributed by atoms with Crippen molar-refractivity contribution < 1.29 is 24.2 Å². The average Bonchev–Trinajstić information content (AvgIpc) is 2.96. The number of hydrogen-bond donors (Lipinski definition) is 3. The number of aromatic nitrogens is 2. The molecule has 0 unspecified atom stereocenters. The lowest BCUT2D eigenvalue weighted by atomic mass is 10.0. The summed E-state index contributed by atoms with van der Waals surface area (Å²) in [6, 6.07) is 6.27. The quantitative estimate of drug-likeness (QED) is 0.653. The van der Waals surface area contributed by atoms with Crippen molar-refractivity contribution in [3.05, 3.63) is 41.5 Å². The van der Waals surface area contributed by atoms with Gasteiger partial charge in [0.1, 0.15) is 17.3 Å². The fraction of sp³-hybridized carbons (Fsp3) is 0.476. The van der Waals surface area contributed by atoms with Crippen LogP contribution in [0.5, 0.6) is 0 Å². The van der Waals surface area contributed by atoms with Gasteiger partial charge in [-0.25, -0.2) is 9.37 Å². The number of amides is 1. The predicted molar refractivity (Wildman–Crippen MR) is 111 cm³/mol. The zero-order valence-corrected chi connectivity index (χ0v) is 17.5. The number of nitrogens with zero attached hydrogens (tertiary/aromatic N) is 3. The normalized spacial score (nSPS) is 19.1. The monoisotopic (exact) mass is 420 g/mol. The number of benzene rings is 1.